The number of anilines is 1. The Morgan fingerprint density at radius 2 is 1.76 bits per heavy atom. The van der Waals surface area contributed by atoms with Gasteiger partial charge in [-0.15, -0.1) is 0 Å². The predicted octanol–water partition coefficient (Wildman–Crippen LogP) is 4.08. The van der Waals surface area contributed by atoms with Crippen LogP contribution in [-0.2, 0) is 0 Å². The summed E-state index contributed by atoms with van der Waals surface area (Å²) in [6.07, 6.45) is 2.09. The maximum atomic E-state index is 13.4. The van der Waals surface area contributed by atoms with Crippen LogP contribution < -0.4 is 5.32 Å². The zero-order chi connectivity index (χ0) is 15.1. The lowest BCUT2D eigenvalue weighted by atomic mass is 10.1. The molecule has 1 aromatic carbocycles. The molecule has 3 nitrogen and oxygen atoms in total. The second-order valence-corrected chi connectivity index (χ2v) is 5.95. The molecule has 7 heteroatoms. The average Bonchev–Trinajstić information content (AvgIpc) is 3.29. The van der Waals surface area contributed by atoms with E-state index in [4.69, 9.17) is 0 Å². The monoisotopic (exact) mass is 405 g/mol. The first kappa shape index (κ1) is 14.6. The van der Waals surface area contributed by atoms with Crippen molar-refractivity contribution in [2.24, 2.45) is 0 Å². The largest absolute Gasteiger partial charge is 0.372 e. The first-order chi connectivity index (χ1) is 10.0. The van der Waals surface area contributed by atoms with E-state index in [1.807, 2.05) is 0 Å². The van der Waals surface area contributed by atoms with Gasteiger partial charge in [-0.1, -0.05) is 0 Å². The Balaban J connectivity index is 2.16. The molecule has 0 spiro atoms. The van der Waals surface area contributed by atoms with Crippen molar-refractivity contribution in [3.05, 3.63) is 38.8 Å². The van der Waals surface area contributed by atoms with Gasteiger partial charge in [0.15, 0.2) is 23.3 Å². The molecule has 1 N–H and O–H groups in total. The number of aromatic nitrogens is 2. The summed E-state index contributed by atoms with van der Waals surface area (Å²) >= 11 is 2.16. The van der Waals surface area contributed by atoms with Gasteiger partial charge in [-0.05, 0) is 47.6 Å². The molecule has 3 rings (SSSR count). The maximum Gasteiger partial charge on any atom is 0.194 e. The summed E-state index contributed by atoms with van der Waals surface area (Å²) in [4.78, 5) is 8.67. The Kier molecular flexibility index (Phi) is 3.76. The molecule has 1 saturated carbocycles. The minimum absolute atomic E-state index is 0.126. The highest BCUT2D eigenvalue weighted by atomic mass is 127. The average molecular weight is 405 g/mol. The fourth-order valence-electron chi connectivity index (χ4n) is 2.07. The fourth-order valence-corrected chi connectivity index (χ4v) is 3.02. The van der Waals surface area contributed by atoms with Crippen LogP contribution in [0.25, 0.3) is 11.4 Å². The molecule has 0 bridgehead atoms. The highest BCUT2D eigenvalue weighted by Crippen LogP contribution is 2.43. The summed E-state index contributed by atoms with van der Waals surface area (Å²) in [5, 5.41) is 2.95. The fraction of sp³-hybridized carbons (Fsp3) is 0.286. The molecule has 0 atom stereocenters. The number of rotatable bonds is 3. The number of hydrogen-bond acceptors (Lipinski definition) is 3. The van der Waals surface area contributed by atoms with Crippen molar-refractivity contribution in [1.29, 1.82) is 0 Å². The van der Waals surface area contributed by atoms with E-state index in [-0.39, 0.29) is 11.4 Å². The summed E-state index contributed by atoms with van der Waals surface area (Å²) < 4.78 is 40.7. The second kappa shape index (κ2) is 5.43. The van der Waals surface area contributed by atoms with Crippen molar-refractivity contribution in [3.8, 4) is 11.4 Å². The van der Waals surface area contributed by atoms with E-state index < -0.39 is 17.5 Å². The second-order valence-electron chi connectivity index (χ2n) is 4.87. The van der Waals surface area contributed by atoms with E-state index in [1.54, 1.807) is 7.05 Å². The molecule has 21 heavy (non-hydrogen) atoms. The Hall–Kier alpha value is -1.38. The van der Waals surface area contributed by atoms with Gasteiger partial charge in [0.1, 0.15) is 5.82 Å². The molecule has 0 unspecified atom stereocenters. The molecule has 1 heterocycles. The van der Waals surface area contributed by atoms with Gasteiger partial charge in [-0.3, -0.25) is 0 Å². The first-order valence-electron chi connectivity index (χ1n) is 6.41. The summed E-state index contributed by atoms with van der Waals surface area (Å²) in [6, 6.07) is 1.83. The lowest BCUT2D eigenvalue weighted by molar-refractivity contribution is 0.447. The summed E-state index contributed by atoms with van der Waals surface area (Å²) in [5.41, 5.74) is 0.997. The number of hydrogen-bond donors (Lipinski definition) is 1. The van der Waals surface area contributed by atoms with Crippen LogP contribution >= 0.6 is 22.6 Å². The van der Waals surface area contributed by atoms with Crippen LogP contribution in [0.1, 0.15) is 24.5 Å². The van der Waals surface area contributed by atoms with Crippen molar-refractivity contribution in [2.45, 2.75) is 18.8 Å². The van der Waals surface area contributed by atoms with E-state index in [9.17, 15) is 13.2 Å². The van der Waals surface area contributed by atoms with Gasteiger partial charge in [0, 0.05) is 18.5 Å². The van der Waals surface area contributed by atoms with Crippen molar-refractivity contribution in [3.63, 3.8) is 0 Å². The molecule has 110 valence electrons. The molecule has 0 radical (unpaired) electrons. The van der Waals surface area contributed by atoms with E-state index in [0.717, 1.165) is 34.2 Å². The van der Waals surface area contributed by atoms with Crippen molar-refractivity contribution in [1.82, 2.24) is 9.97 Å². The van der Waals surface area contributed by atoms with Crippen molar-refractivity contribution in [2.75, 3.05) is 12.4 Å². The molecular formula is C14H11F3IN3. The Bertz CT molecular complexity index is 694. The molecule has 0 aliphatic heterocycles. The molecule has 1 aliphatic rings. The van der Waals surface area contributed by atoms with Crippen LogP contribution in [0.5, 0.6) is 0 Å². The normalized spacial score (nSPS) is 14.3. The van der Waals surface area contributed by atoms with E-state index in [2.05, 4.69) is 37.9 Å². The Morgan fingerprint density at radius 3 is 2.29 bits per heavy atom. The van der Waals surface area contributed by atoms with E-state index in [0.29, 0.717) is 11.7 Å². The van der Waals surface area contributed by atoms with Gasteiger partial charge in [0.25, 0.3) is 0 Å². The molecular weight excluding hydrogens is 394 g/mol. The van der Waals surface area contributed by atoms with Crippen LogP contribution in [0.4, 0.5) is 19.0 Å². The van der Waals surface area contributed by atoms with Gasteiger partial charge in [0.2, 0.25) is 0 Å². The Labute approximate surface area is 133 Å². The third-order valence-corrected chi connectivity index (χ3v) is 4.38. The van der Waals surface area contributed by atoms with Gasteiger partial charge >= 0.3 is 0 Å². The number of nitrogens with zero attached hydrogens (tertiary/aromatic N) is 2. The topological polar surface area (TPSA) is 37.8 Å². The Morgan fingerprint density at radius 1 is 1.14 bits per heavy atom. The molecule has 2 aromatic rings. The number of halogens is 4. The summed E-state index contributed by atoms with van der Waals surface area (Å²) in [6.45, 7) is 0. The van der Waals surface area contributed by atoms with Crippen LogP contribution in [0, 0.1) is 21.0 Å². The van der Waals surface area contributed by atoms with Gasteiger partial charge in [0.05, 0.1) is 9.26 Å². The van der Waals surface area contributed by atoms with Crippen LogP contribution in [0.3, 0.4) is 0 Å². The maximum absolute atomic E-state index is 13.4. The van der Waals surface area contributed by atoms with Crippen molar-refractivity contribution < 1.29 is 13.2 Å². The van der Waals surface area contributed by atoms with E-state index >= 15 is 0 Å². The van der Waals surface area contributed by atoms with Crippen molar-refractivity contribution >= 4 is 28.4 Å². The highest BCUT2D eigenvalue weighted by Gasteiger charge is 2.29. The summed E-state index contributed by atoms with van der Waals surface area (Å²) in [5.74, 6) is -2.81. The number of nitrogens with one attached hydrogen (secondary N) is 1. The zero-order valence-corrected chi connectivity index (χ0v) is 13.2. The quantitative estimate of drug-likeness (QED) is 0.618. The SMILES string of the molecule is CNc1nc(-c2cc(F)c(F)c(F)c2)nc(C2CC2)c1I. The highest BCUT2D eigenvalue weighted by molar-refractivity contribution is 14.1. The minimum atomic E-state index is -1.49. The van der Waals surface area contributed by atoms with Gasteiger partial charge < -0.3 is 5.32 Å². The summed E-state index contributed by atoms with van der Waals surface area (Å²) in [7, 11) is 1.72. The lowest BCUT2D eigenvalue weighted by Crippen LogP contribution is -2.05. The lowest BCUT2D eigenvalue weighted by Gasteiger charge is -2.11. The van der Waals surface area contributed by atoms with Crippen LogP contribution in [0.2, 0.25) is 0 Å². The number of benzene rings is 1. The van der Waals surface area contributed by atoms with Gasteiger partial charge in [-0.2, -0.15) is 0 Å². The first-order valence-corrected chi connectivity index (χ1v) is 7.49. The molecule has 1 aromatic heterocycles. The van der Waals surface area contributed by atoms with E-state index in [1.165, 1.54) is 0 Å². The smallest absolute Gasteiger partial charge is 0.194 e. The van der Waals surface area contributed by atoms with Crippen LogP contribution in [0.15, 0.2) is 12.1 Å². The predicted molar refractivity (Wildman–Crippen MR) is 81.6 cm³/mol. The van der Waals surface area contributed by atoms with Gasteiger partial charge in [-0.25, -0.2) is 23.1 Å². The molecule has 1 aliphatic carbocycles. The zero-order valence-electron chi connectivity index (χ0n) is 11.1. The third-order valence-electron chi connectivity index (χ3n) is 3.32. The standard InChI is InChI=1S/C14H11F3IN3/c1-19-14-11(18)12(6-2-3-6)20-13(21-14)7-4-8(15)10(17)9(16)5-7/h4-6H,2-3H2,1H3,(H,19,20,21). The molecule has 1 fully saturated rings. The van der Waals surface area contributed by atoms with Crippen LogP contribution in [-0.4, -0.2) is 17.0 Å². The minimum Gasteiger partial charge on any atom is -0.372 e. The molecule has 0 amide bonds. The molecule has 0 saturated heterocycles. The third kappa shape index (κ3) is 2.70.